The van der Waals surface area contributed by atoms with Crippen molar-refractivity contribution in [3.63, 3.8) is 0 Å². The van der Waals surface area contributed by atoms with Crippen LogP contribution in [0.5, 0.6) is 0 Å². The number of amides is 1. The van der Waals surface area contributed by atoms with Crippen molar-refractivity contribution >= 4 is 11.9 Å². The minimum atomic E-state index is -0.0975. The standard InChI is InChI=1S/C21H28N4O2/c1-15-13-18(24-20(23-15)25-9-11-27-12-10-25)14-22-19(26)16-5-7-17(8-6-16)21(2,3)4/h5-8,13H,9-12,14H2,1-4H3,(H,22,26). The molecular weight excluding hydrogens is 340 g/mol. The summed E-state index contributed by atoms with van der Waals surface area (Å²) in [5.74, 6) is 0.608. The Morgan fingerprint density at radius 3 is 2.44 bits per heavy atom. The van der Waals surface area contributed by atoms with E-state index < -0.39 is 0 Å². The summed E-state index contributed by atoms with van der Waals surface area (Å²) in [6.45, 7) is 11.7. The van der Waals surface area contributed by atoms with Gasteiger partial charge in [-0.05, 0) is 36.1 Å². The Labute approximate surface area is 161 Å². The Bertz CT molecular complexity index is 791. The lowest BCUT2D eigenvalue weighted by atomic mass is 9.87. The van der Waals surface area contributed by atoms with Gasteiger partial charge >= 0.3 is 0 Å². The molecule has 0 bridgehead atoms. The lowest BCUT2D eigenvalue weighted by Crippen LogP contribution is -2.37. The average molecular weight is 368 g/mol. The number of morpholine rings is 1. The summed E-state index contributed by atoms with van der Waals surface area (Å²) >= 11 is 0. The minimum Gasteiger partial charge on any atom is -0.378 e. The van der Waals surface area contributed by atoms with Gasteiger partial charge in [-0.25, -0.2) is 9.97 Å². The molecule has 1 aliphatic rings. The Kier molecular flexibility index (Phi) is 5.75. The predicted octanol–water partition coefficient (Wildman–Crippen LogP) is 2.85. The molecule has 1 saturated heterocycles. The van der Waals surface area contributed by atoms with Crippen LogP contribution in [0.3, 0.4) is 0 Å². The van der Waals surface area contributed by atoms with Gasteiger partial charge in [-0.15, -0.1) is 0 Å². The summed E-state index contributed by atoms with van der Waals surface area (Å²) in [5.41, 5.74) is 3.64. The van der Waals surface area contributed by atoms with Gasteiger partial charge in [0.25, 0.3) is 5.91 Å². The van der Waals surface area contributed by atoms with Gasteiger partial charge in [0.2, 0.25) is 5.95 Å². The fourth-order valence-corrected chi connectivity index (χ4v) is 3.01. The van der Waals surface area contributed by atoms with E-state index in [1.807, 2.05) is 37.3 Å². The van der Waals surface area contributed by atoms with E-state index in [0.717, 1.165) is 24.5 Å². The zero-order valence-electron chi connectivity index (χ0n) is 16.6. The first kappa shape index (κ1) is 19.3. The Morgan fingerprint density at radius 2 is 1.81 bits per heavy atom. The molecule has 6 nitrogen and oxygen atoms in total. The number of aromatic nitrogens is 2. The first-order valence-electron chi connectivity index (χ1n) is 9.39. The molecule has 2 aromatic rings. The van der Waals surface area contributed by atoms with Crippen molar-refractivity contribution in [3.05, 3.63) is 52.8 Å². The number of benzene rings is 1. The molecule has 0 radical (unpaired) electrons. The molecule has 3 rings (SSSR count). The zero-order valence-corrected chi connectivity index (χ0v) is 16.6. The largest absolute Gasteiger partial charge is 0.378 e. The van der Waals surface area contributed by atoms with E-state index >= 15 is 0 Å². The maximum absolute atomic E-state index is 12.5. The van der Waals surface area contributed by atoms with Crippen molar-refractivity contribution in [2.24, 2.45) is 0 Å². The molecule has 0 spiro atoms. The predicted molar refractivity (Wildman–Crippen MR) is 106 cm³/mol. The first-order valence-corrected chi connectivity index (χ1v) is 9.39. The summed E-state index contributed by atoms with van der Waals surface area (Å²) in [5, 5.41) is 2.96. The van der Waals surface area contributed by atoms with Crippen LogP contribution in [0.2, 0.25) is 0 Å². The van der Waals surface area contributed by atoms with Crippen LogP contribution in [0.4, 0.5) is 5.95 Å². The molecule has 1 aromatic carbocycles. The number of nitrogens with zero attached hydrogens (tertiary/aromatic N) is 3. The van der Waals surface area contributed by atoms with Gasteiger partial charge in [-0.1, -0.05) is 32.9 Å². The number of ether oxygens (including phenoxy) is 1. The lowest BCUT2D eigenvalue weighted by Gasteiger charge is -2.27. The summed E-state index contributed by atoms with van der Waals surface area (Å²) in [7, 11) is 0. The highest BCUT2D eigenvalue weighted by Gasteiger charge is 2.16. The lowest BCUT2D eigenvalue weighted by molar-refractivity contribution is 0.0950. The number of carbonyl (C=O) groups excluding carboxylic acids is 1. The second-order valence-corrected chi connectivity index (χ2v) is 7.91. The zero-order chi connectivity index (χ0) is 19.4. The number of aryl methyl sites for hydroxylation is 1. The van der Waals surface area contributed by atoms with Crippen LogP contribution in [-0.2, 0) is 16.7 Å². The number of carbonyl (C=O) groups is 1. The van der Waals surface area contributed by atoms with Gasteiger partial charge in [0.1, 0.15) is 0 Å². The molecule has 0 aliphatic carbocycles. The molecule has 6 heteroatoms. The summed E-state index contributed by atoms with van der Waals surface area (Å²) in [4.78, 5) is 23.7. The number of rotatable bonds is 4. The fourth-order valence-electron chi connectivity index (χ4n) is 3.01. The molecule has 144 valence electrons. The quantitative estimate of drug-likeness (QED) is 0.899. The molecule has 1 N–H and O–H groups in total. The van der Waals surface area contributed by atoms with Gasteiger partial charge in [-0.2, -0.15) is 0 Å². The van der Waals surface area contributed by atoms with Crippen LogP contribution in [0.1, 0.15) is 48.1 Å². The second-order valence-electron chi connectivity index (χ2n) is 7.91. The smallest absolute Gasteiger partial charge is 0.251 e. The third kappa shape index (κ3) is 5.04. The van der Waals surface area contributed by atoms with Crippen molar-refractivity contribution in [1.82, 2.24) is 15.3 Å². The molecule has 0 atom stereocenters. The third-order valence-electron chi connectivity index (χ3n) is 4.63. The summed E-state index contributed by atoms with van der Waals surface area (Å²) in [6.07, 6.45) is 0. The number of hydrogen-bond donors (Lipinski definition) is 1. The third-order valence-corrected chi connectivity index (χ3v) is 4.63. The normalized spacial score (nSPS) is 14.9. The van der Waals surface area contributed by atoms with E-state index in [1.165, 1.54) is 5.56 Å². The molecule has 1 aliphatic heterocycles. The SMILES string of the molecule is Cc1cc(CNC(=O)c2ccc(C(C)(C)C)cc2)nc(N2CCOCC2)n1. The van der Waals surface area contributed by atoms with E-state index in [4.69, 9.17) is 4.74 Å². The van der Waals surface area contributed by atoms with Gasteiger partial charge in [0, 0.05) is 24.3 Å². The maximum atomic E-state index is 12.5. The molecule has 0 unspecified atom stereocenters. The minimum absolute atomic E-state index is 0.0728. The van der Waals surface area contributed by atoms with Crippen LogP contribution in [0, 0.1) is 6.92 Å². The van der Waals surface area contributed by atoms with E-state index in [0.29, 0.717) is 31.3 Å². The van der Waals surface area contributed by atoms with E-state index in [1.54, 1.807) is 0 Å². The van der Waals surface area contributed by atoms with Crippen molar-refractivity contribution < 1.29 is 9.53 Å². The topological polar surface area (TPSA) is 67.4 Å². The monoisotopic (exact) mass is 368 g/mol. The molecule has 1 aromatic heterocycles. The average Bonchev–Trinajstić information content (AvgIpc) is 2.66. The van der Waals surface area contributed by atoms with Crippen LogP contribution in [-0.4, -0.2) is 42.2 Å². The van der Waals surface area contributed by atoms with Crippen molar-refractivity contribution in [3.8, 4) is 0 Å². The molecule has 27 heavy (non-hydrogen) atoms. The fraction of sp³-hybridized carbons (Fsp3) is 0.476. The maximum Gasteiger partial charge on any atom is 0.251 e. The van der Waals surface area contributed by atoms with Crippen molar-refractivity contribution in [2.45, 2.75) is 39.7 Å². The summed E-state index contributed by atoms with van der Waals surface area (Å²) < 4.78 is 5.38. The van der Waals surface area contributed by atoms with Gasteiger partial charge in [0.05, 0.1) is 25.5 Å². The number of anilines is 1. The van der Waals surface area contributed by atoms with Gasteiger partial charge < -0.3 is 15.0 Å². The van der Waals surface area contributed by atoms with Gasteiger partial charge in [-0.3, -0.25) is 4.79 Å². The molecular formula is C21H28N4O2. The highest BCUT2D eigenvalue weighted by molar-refractivity contribution is 5.94. The van der Waals surface area contributed by atoms with Crippen LogP contribution >= 0.6 is 0 Å². The highest BCUT2D eigenvalue weighted by atomic mass is 16.5. The van der Waals surface area contributed by atoms with E-state index in [2.05, 4.69) is 41.0 Å². The highest BCUT2D eigenvalue weighted by Crippen LogP contribution is 2.22. The van der Waals surface area contributed by atoms with Gasteiger partial charge in [0.15, 0.2) is 0 Å². The number of nitrogens with one attached hydrogen (secondary N) is 1. The van der Waals surface area contributed by atoms with Crippen LogP contribution in [0.15, 0.2) is 30.3 Å². The number of hydrogen-bond acceptors (Lipinski definition) is 5. The molecule has 1 amide bonds. The summed E-state index contributed by atoms with van der Waals surface area (Å²) in [6, 6.07) is 9.69. The Hall–Kier alpha value is -2.47. The first-order chi connectivity index (χ1) is 12.8. The van der Waals surface area contributed by atoms with Crippen molar-refractivity contribution in [2.75, 3.05) is 31.2 Å². The van der Waals surface area contributed by atoms with E-state index in [9.17, 15) is 4.79 Å². The van der Waals surface area contributed by atoms with Crippen LogP contribution in [0.25, 0.3) is 0 Å². The Morgan fingerprint density at radius 1 is 1.15 bits per heavy atom. The Balaban J connectivity index is 1.65. The van der Waals surface area contributed by atoms with E-state index in [-0.39, 0.29) is 11.3 Å². The molecule has 0 saturated carbocycles. The van der Waals surface area contributed by atoms with Crippen molar-refractivity contribution in [1.29, 1.82) is 0 Å². The second kappa shape index (κ2) is 8.05. The molecule has 2 heterocycles. The molecule has 1 fully saturated rings. The van der Waals surface area contributed by atoms with Crippen LogP contribution < -0.4 is 10.2 Å².